The number of hydrogen-bond donors (Lipinski definition) is 2. The zero-order valence-electron chi connectivity index (χ0n) is 17.6. The molecule has 3 rings (SSSR count). The molecule has 2 atom stereocenters. The van der Waals surface area contributed by atoms with E-state index in [-0.39, 0.29) is 17.8 Å². The van der Waals surface area contributed by atoms with Gasteiger partial charge >= 0.3 is 0 Å². The summed E-state index contributed by atoms with van der Waals surface area (Å²) in [4.78, 5) is 17.8. The maximum absolute atomic E-state index is 13.8. The van der Waals surface area contributed by atoms with Crippen LogP contribution in [0.5, 0.6) is 0 Å². The van der Waals surface area contributed by atoms with Crippen molar-refractivity contribution in [1.82, 2.24) is 15.5 Å². The fraction of sp³-hybridized carbons (Fsp3) is 0.522. The molecule has 0 radical (unpaired) electrons. The molecule has 2 heterocycles. The van der Waals surface area contributed by atoms with Crippen molar-refractivity contribution in [3.63, 3.8) is 0 Å². The van der Waals surface area contributed by atoms with Crippen molar-refractivity contribution in [3.8, 4) is 0 Å². The van der Waals surface area contributed by atoms with Crippen LogP contribution in [-0.2, 0) is 17.8 Å². The SMILES string of the molecule is Cc1ccc(CN[C@@H]2C[C@@H](C(=O)NCCc3ccccc3F)N(CC(C)C)C2)s1. The summed E-state index contributed by atoms with van der Waals surface area (Å²) in [6.07, 6.45) is 1.32. The van der Waals surface area contributed by atoms with Crippen LogP contribution in [0.1, 0.15) is 35.6 Å². The number of rotatable bonds is 9. The second kappa shape index (κ2) is 10.3. The molecule has 2 N–H and O–H groups in total. The number of benzene rings is 1. The minimum atomic E-state index is -0.211. The van der Waals surface area contributed by atoms with Gasteiger partial charge in [0.2, 0.25) is 5.91 Å². The summed E-state index contributed by atoms with van der Waals surface area (Å²) in [7, 11) is 0. The van der Waals surface area contributed by atoms with E-state index in [9.17, 15) is 9.18 Å². The van der Waals surface area contributed by atoms with Crippen LogP contribution in [-0.4, -0.2) is 42.5 Å². The van der Waals surface area contributed by atoms with E-state index < -0.39 is 0 Å². The molecule has 0 saturated carbocycles. The average molecular weight is 418 g/mol. The summed E-state index contributed by atoms with van der Waals surface area (Å²) >= 11 is 1.81. The van der Waals surface area contributed by atoms with Crippen LogP contribution in [0.4, 0.5) is 4.39 Å². The first kappa shape index (κ1) is 21.9. The van der Waals surface area contributed by atoms with E-state index in [1.54, 1.807) is 12.1 Å². The quantitative estimate of drug-likeness (QED) is 0.653. The molecular weight excluding hydrogens is 385 g/mol. The van der Waals surface area contributed by atoms with Crippen LogP contribution in [0.2, 0.25) is 0 Å². The van der Waals surface area contributed by atoms with E-state index in [2.05, 4.69) is 48.4 Å². The number of carbonyl (C=O) groups excluding carboxylic acids is 1. The van der Waals surface area contributed by atoms with Crippen LogP contribution in [0.15, 0.2) is 36.4 Å². The maximum atomic E-state index is 13.8. The molecule has 29 heavy (non-hydrogen) atoms. The Labute approximate surface area is 177 Å². The lowest BCUT2D eigenvalue weighted by molar-refractivity contribution is -0.125. The molecule has 0 unspecified atom stereocenters. The highest BCUT2D eigenvalue weighted by atomic mass is 32.1. The number of thiophene rings is 1. The second-order valence-electron chi connectivity index (χ2n) is 8.32. The fourth-order valence-corrected chi connectivity index (χ4v) is 4.80. The van der Waals surface area contributed by atoms with Crippen molar-refractivity contribution in [2.24, 2.45) is 5.92 Å². The first-order chi connectivity index (χ1) is 13.9. The van der Waals surface area contributed by atoms with Crippen molar-refractivity contribution >= 4 is 17.2 Å². The molecule has 158 valence electrons. The molecule has 1 saturated heterocycles. The number of aryl methyl sites for hydroxylation is 1. The van der Waals surface area contributed by atoms with E-state index in [1.165, 1.54) is 15.8 Å². The van der Waals surface area contributed by atoms with E-state index in [0.29, 0.717) is 30.5 Å². The van der Waals surface area contributed by atoms with E-state index >= 15 is 0 Å². The molecule has 1 aromatic carbocycles. The van der Waals surface area contributed by atoms with Gasteiger partial charge in [0.15, 0.2) is 0 Å². The summed E-state index contributed by atoms with van der Waals surface area (Å²) in [5.74, 6) is 0.345. The molecule has 1 aliphatic rings. The van der Waals surface area contributed by atoms with Gasteiger partial charge in [-0.25, -0.2) is 4.39 Å². The molecular formula is C23H32FN3OS. The smallest absolute Gasteiger partial charge is 0.237 e. The van der Waals surface area contributed by atoms with Gasteiger partial charge in [0.25, 0.3) is 0 Å². The summed E-state index contributed by atoms with van der Waals surface area (Å²) < 4.78 is 13.8. The Morgan fingerprint density at radius 1 is 1.28 bits per heavy atom. The minimum absolute atomic E-state index is 0.0539. The van der Waals surface area contributed by atoms with Gasteiger partial charge in [0.1, 0.15) is 5.82 Å². The number of likely N-dealkylation sites (tertiary alicyclic amines) is 1. The second-order valence-corrected chi connectivity index (χ2v) is 9.69. The highest BCUT2D eigenvalue weighted by molar-refractivity contribution is 7.11. The normalized spacial score (nSPS) is 19.8. The van der Waals surface area contributed by atoms with Gasteiger partial charge in [0.05, 0.1) is 6.04 Å². The Kier molecular flexibility index (Phi) is 7.81. The number of carbonyl (C=O) groups is 1. The van der Waals surface area contributed by atoms with Gasteiger partial charge in [-0.1, -0.05) is 32.0 Å². The third-order valence-corrected chi connectivity index (χ3v) is 6.32. The summed E-state index contributed by atoms with van der Waals surface area (Å²) in [6, 6.07) is 11.2. The topological polar surface area (TPSA) is 44.4 Å². The van der Waals surface area contributed by atoms with Gasteiger partial charge in [-0.3, -0.25) is 9.69 Å². The minimum Gasteiger partial charge on any atom is -0.354 e. The molecule has 4 nitrogen and oxygen atoms in total. The van der Waals surface area contributed by atoms with Crippen LogP contribution in [0.25, 0.3) is 0 Å². The predicted molar refractivity (Wildman–Crippen MR) is 118 cm³/mol. The Morgan fingerprint density at radius 3 is 2.76 bits per heavy atom. The molecule has 1 aliphatic heterocycles. The van der Waals surface area contributed by atoms with E-state index in [4.69, 9.17) is 0 Å². The Morgan fingerprint density at radius 2 is 2.07 bits per heavy atom. The van der Waals surface area contributed by atoms with E-state index in [1.807, 2.05) is 17.4 Å². The maximum Gasteiger partial charge on any atom is 0.237 e. The molecule has 1 aromatic heterocycles. The zero-order chi connectivity index (χ0) is 20.8. The number of hydrogen-bond acceptors (Lipinski definition) is 4. The van der Waals surface area contributed by atoms with Gasteiger partial charge in [-0.15, -0.1) is 11.3 Å². The average Bonchev–Trinajstić information content (AvgIpc) is 3.27. The summed E-state index contributed by atoms with van der Waals surface area (Å²) in [5.41, 5.74) is 0.643. The monoisotopic (exact) mass is 417 g/mol. The number of nitrogens with one attached hydrogen (secondary N) is 2. The Bertz CT molecular complexity index is 807. The van der Waals surface area contributed by atoms with Gasteiger partial charge in [-0.05, 0) is 49.4 Å². The highest BCUT2D eigenvalue weighted by Gasteiger charge is 2.36. The lowest BCUT2D eigenvalue weighted by Gasteiger charge is -2.25. The number of amides is 1. The third kappa shape index (κ3) is 6.36. The van der Waals surface area contributed by atoms with Crippen LogP contribution in [0, 0.1) is 18.7 Å². The summed E-state index contributed by atoms with van der Waals surface area (Å²) in [5, 5.41) is 6.66. The molecule has 1 amide bonds. The standard InChI is InChI=1S/C23H32FN3OS/c1-16(2)14-27-15-19(26-13-20-9-8-17(3)29-20)12-22(27)23(28)25-11-10-18-6-4-5-7-21(18)24/h4-9,16,19,22,26H,10-15H2,1-3H3,(H,25,28)/t19-,22+/m1/s1. The molecule has 0 spiro atoms. The van der Waals surface area contributed by atoms with Crippen LogP contribution in [0.3, 0.4) is 0 Å². The van der Waals surface area contributed by atoms with Crippen LogP contribution < -0.4 is 10.6 Å². The van der Waals surface area contributed by atoms with Crippen LogP contribution >= 0.6 is 11.3 Å². The number of halogens is 1. The van der Waals surface area contributed by atoms with Gasteiger partial charge < -0.3 is 10.6 Å². The highest BCUT2D eigenvalue weighted by Crippen LogP contribution is 2.21. The first-order valence-corrected chi connectivity index (χ1v) is 11.3. The van der Waals surface area contributed by atoms with Crippen molar-refractivity contribution in [1.29, 1.82) is 0 Å². The molecule has 0 aliphatic carbocycles. The molecule has 2 aromatic rings. The number of nitrogens with zero attached hydrogens (tertiary/aromatic N) is 1. The van der Waals surface area contributed by atoms with Crippen molar-refractivity contribution < 1.29 is 9.18 Å². The lowest BCUT2D eigenvalue weighted by atomic mass is 10.1. The fourth-order valence-electron chi connectivity index (χ4n) is 3.96. The Balaban J connectivity index is 1.53. The lowest BCUT2D eigenvalue weighted by Crippen LogP contribution is -2.45. The van der Waals surface area contributed by atoms with Crippen molar-refractivity contribution in [2.75, 3.05) is 19.6 Å². The third-order valence-electron chi connectivity index (χ3n) is 5.32. The van der Waals surface area contributed by atoms with Crippen molar-refractivity contribution in [3.05, 3.63) is 57.5 Å². The first-order valence-electron chi connectivity index (χ1n) is 10.5. The van der Waals surface area contributed by atoms with Gasteiger partial charge in [-0.2, -0.15) is 0 Å². The van der Waals surface area contributed by atoms with E-state index in [0.717, 1.165) is 26.1 Å². The molecule has 0 bridgehead atoms. The molecule has 6 heteroatoms. The zero-order valence-corrected chi connectivity index (χ0v) is 18.4. The molecule has 1 fully saturated rings. The largest absolute Gasteiger partial charge is 0.354 e. The predicted octanol–water partition coefficient (Wildman–Crippen LogP) is 3.74. The van der Waals surface area contributed by atoms with Gasteiger partial charge in [0, 0.05) is 42.0 Å². The Hall–Kier alpha value is -1.76. The summed E-state index contributed by atoms with van der Waals surface area (Å²) in [6.45, 7) is 9.58. The van der Waals surface area contributed by atoms with Crippen molar-refractivity contribution in [2.45, 2.75) is 52.2 Å².